The van der Waals surface area contributed by atoms with E-state index in [9.17, 15) is 5.11 Å². The van der Waals surface area contributed by atoms with Crippen LogP contribution in [0, 0.1) is 6.92 Å². The second-order valence-electron chi connectivity index (χ2n) is 20.8. The highest BCUT2D eigenvalue weighted by Gasteiger charge is 2.27. The van der Waals surface area contributed by atoms with Gasteiger partial charge in [0, 0.05) is 38.2 Å². The fourth-order valence-electron chi connectivity index (χ4n) is 12.2. The molecule has 0 unspecified atom stereocenters. The van der Waals surface area contributed by atoms with Gasteiger partial charge in [0.05, 0.1) is 27.8 Å². The van der Waals surface area contributed by atoms with Gasteiger partial charge in [-0.1, -0.05) is 184 Å². The van der Waals surface area contributed by atoms with Gasteiger partial charge in [-0.05, 0) is 81.3 Å². The van der Waals surface area contributed by atoms with Crippen molar-refractivity contribution in [1.29, 1.82) is 0 Å². The molecule has 76 heavy (non-hydrogen) atoms. The van der Waals surface area contributed by atoms with Crippen LogP contribution in [-0.4, -0.2) is 92.0 Å². The van der Waals surface area contributed by atoms with Crippen molar-refractivity contribution in [3.63, 3.8) is 0 Å². The van der Waals surface area contributed by atoms with E-state index in [0.29, 0.717) is 23.3 Å². The quantitative estimate of drug-likeness (QED) is 0.247. The zero-order chi connectivity index (χ0) is 52.3. The van der Waals surface area contributed by atoms with Crippen LogP contribution >= 0.6 is 0 Å². The summed E-state index contributed by atoms with van der Waals surface area (Å²) in [6.07, 6.45) is 0. The average molecular weight is 967 g/mol. The average Bonchev–Trinajstić information content (AvgIpc) is 4.19. The van der Waals surface area contributed by atoms with Crippen LogP contribution in [0.4, 0.5) is 0 Å². The van der Waals surface area contributed by atoms with Crippen LogP contribution < -0.4 is 43.7 Å². The number of aromatic hydroxyl groups is 1. The Labute approximate surface area is 449 Å². The molecule has 0 amide bonds. The summed E-state index contributed by atoms with van der Waals surface area (Å²) in [7, 11) is 17.4. The Bertz CT molecular complexity index is 4550. The molecule has 0 fully saturated rings. The molecule has 0 radical (unpaired) electrons. The van der Waals surface area contributed by atoms with Crippen LogP contribution in [0.3, 0.4) is 0 Å². The second kappa shape index (κ2) is 18.1. The lowest BCUT2D eigenvalue weighted by molar-refractivity contribution is 0.484. The van der Waals surface area contributed by atoms with Crippen molar-refractivity contribution in [2.24, 2.45) is 0 Å². The third kappa shape index (κ3) is 7.25. The predicted octanol–water partition coefficient (Wildman–Crippen LogP) is 1.64. The fourth-order valence-corrected chi connectivity index (χ4v) is 12.2. The summed E-state index contributed by atoms with van der Waals surface area (Å²) in [5, 5.41) is 18.5. The zero-order valence-electron chi connectivity index (χ0n) is 44.4. The maximum absolute atomic E-state index is 11.7. The van der Waals surface area contributed by atoms with E-state index in [1.165, 1.54) is 43.8 Å². The number of para-hydroxylation sites is 2. The lowest BCUT2D eigenvalue weighted by atomic mass is 9.63. The van der Waals surface area contributed by atoms with Gasteiger partial charge in [0.15, 0.2) is 11.6 Å². The van der Waals surface area contributed by atoms with Gasteiger partial charge in [0.25, 0.3) is 0 Å². The number of phenols is 1. The number of hydrogen-bond donors (Lipinski definition) is 1. The van der Waals surface area contributed by atoms with Crippen molar-refractivity contribution in [3.8, 4) is 73.5 Å². The molecule has 0 spiro atoms. The van der Waals surface area contributed by atoms with Crippen molar-refractivity contribution in [2.45, 2.75) is 6.92 Å². The minimum Gasteiger partial charge on any atom is -0.509 e. The number of nitrogens with zero attached hydrogens (tertiary/aromatic N) is 5. The number of rotatable bonds is 7. The highest BCUT2D eigenvalue weighted by molar-refractivity contribution is 6.63. The lowest BCUT2D eigenvalue weighted by Gasteiger charge is -2.25. The first-order chi connectivity index (χ1) is 36.9. The minimum absolute atomic E-state index is 0.343. The van der Waals surface area contributed by atoms with Gasteiger partial charge in [0.1, 0.15) is 68.5 Å². The molecule has 3 aromatic heterocycles. The molecule has 352 valence electrons. The van der Waals surface area contributed by atoms with Gasteiger partial charge in [-0.2, -0.15) is 9.97 Å². The summed E-state index contributed by atoms with van der Waals surface area (Å²) in [6.45, 7) is 2.26. The smallest absolute Gasteiger partial charge is 0.238 e. The monoisotopic (exact) mass is 967 g/mol. The van der Waals surface area contributed by atoms with Crippen LogP contribution in [-0.2, 0) is 0 Å². The van der Waals surface area contributed by atoms with Crippen molar-refractivity contribution < 1.29 is 5.11 Å². The molecule has 6 nitrogen and oxygen atoms in total. The number of benzene rings is 10. The maximum atomic E-state index is 11.7. The largest absolute Gasteiger partial charge is 0.509 e. The predicted molar refractivity (Wildman–Crippen MR) is 345 cm³/mol. The molecule has 0 aliphatic carbocycles. The van der Waals surface area contributed by atoms with Crippen LogP contribution in [0.1, 0.15) is 5.56 Å². The molecule has 13 aromatic rings. The molecule has 0 bridgehead atoms. The van der Waals surface area contributed by atoms with E-state index in [1.54, 1.807) is 0 Å². The Balaban J connectivity index is 1.16. The summed E-state index contributed by atoms with van der Waals surface area (Å²) >= 11 is 0. The van der Waals surface area contributed by atoms with Gasteiger partial charge < -0.3 is 9.67 Å². The van der Waals surface area contributed by atoms with E-state index in [4.69, 9.17) is 15.0 Å². The van der Waals surface area contributed by atoms with Crippen molar-refractivity contribution in [2.75, 3.05) is 0 Å². The molecule has 0 aliphatic rings. The summed E-state index contributed by atoms with van der Waals surface area (Å²) in [5.41, 5.74) is 24.1. The van der Waals surface area contributed by atoms with Crippen molar-refractivity contribution in [1.82, 2.24) is 24.1 Å². The van der Waals surface area contributed by atoms with E-state index in [0.717, 1.165) is 110 Å². The zero-order valence-corrected chi connectivity index (χ0v) is 44.4. The number of aromatic nitrogens is 5. The summed E-state index contributed by atoms with van der Waals surface area (Å²) in [4.78, 5) is 16.3. The molecule has 0 saturated heterocycles. The Kier molecular flexibility index (Phi) is 11.2. The molecule has 14 heteroatoms. The van der Waals surface area contributed by atoms with E-state index in [1.807, 2.05) is 33.9 Å². The molecular formula is C62H49B8N5O. The van der Waals surface area contributed by atoms with Gasteiger partial charge in [0.2, 0.25) is 5.95 Å². The van der Waals surface area contributed by atoms with Crippen LogP contribution in [0.25, 0.3) is 122 Å². The summed E-state index contributed by atoms with van der Waals surface area (Å²) < 4.78 is 4.78. The highest BCUT2D eigenvalue weighted by Crippen LogP contribution is 2.44. The first-order valence-electron chi connectivity index (χ1n) is 26.3. The standard InChI is InChI=1S/C62H49B8N5O/c1-31-49(63)48(52(66)54(68)50(31)64)43-25-24-37(47-51(65)55(69)56(70)59(76)53(47)67)30-46(43)74-44-20-9-7-18-39(44)41-26-27-42-40-19-8-10-21-45(40)75(58(42)57(41)74)62-72-60(33-13-3-2-4-14-33)71-61(73-62)38-17-11-16-35(29-38)36-23-22-32-12-5-6-15-34(32)28-36/h2-30,76H,63-70H2,1H3. The SMILES string of the molecule is Bc1c(B)c(O)c(B)c(-c2ccc(-c3c(B)c(B)c(B)c(C)c3B)c(-n3c4ccccc4c4ccc5c6ccccc6n(-c6nc(-c7ccccc7)nc(-c7cccc(-c8ccc9ccccc9c8)c7)n6)c5c43)c2)c1B. The molecular weight excluding hydrogens is 917 g/mol. The molecule has 0 saturated carbocycles. The molecule has 0 atom stereocenters. The summed E-state index contributed by atoms with van der Waals surface area (Å²) in [6, 6.07) is 62.9. The molecule has 3 heterocycles. The van der Waals surface area contributed by atoms with E-state index in [-0.39, 0.29) is 0 Å². The normalized spacial score (nSPS) is 11.7. The van der Waals surface area contributed by atoms with Gasteiger partial charge in [-0.3, -0.25) is 4.57 Å². The Morgan fingerprint density at radius 2 is 0.921 bits per heavy atom. The lowest BCUT2D eigenvalue weighted by Crippen LogP contribution is -2.46. The van der Waals surface area contributed by atoms with Gasteiger partial charge in [-0.15, -0.1) is 5.46 Å². The van der Waals surface area contributed by atoms with E-state index in [2.05, 4.69) is 221 Å². The van der Waals surface area contributed by atoms with Gasteiger partial charge >= 0.3 is 0 Å². The highest BCUT2D eigenvalue weighted by atomic mass is 16.3. The Morgan fingerprint density at radius 1 is 0.368 bits per heavy atom. The van der Waals surface area contributed by atoms with Crippen LogP contribution in [0.2, 0.25) is 0 Å². The number of hydrogen-bond acceptors (Lipinski definition) is 4. The first kappa shape index (κ1) is 47.1. The van der Waals surface area contributed by atoms with Crippen molar-refractivity contribution >= 4 is 161 Å². The third-order valence-electron chi connectivity index (χ3n) is 16.9. The minimum atomic E-state index is 0.343. The van der Waals surface area contributed by atoms with Crippen molar-refractivity contribution in [3.05, 3.63) is 181 Å². The number of fused-ring (bicyclic) bond motifs is 8. The first-order valence-corrected chi connectivity index (χ1v) is 26.3. The topological polar surface area (TPSA) is 68.8 Å². The van der Waals surface area contributed by atoms with Gasteiger partial charge in [-0.25, -0.2) is 4.98 Å². The van der Waals surface area contributed by atoms with Crippen LogP contribution in [0.5, 0.6) is 5.75 Å². The fraction of sp³-hybridized carbons (Fsp3) is 0.0161. The molecule has 10 aromatic carbocycles. The Hall–Kier alpha value is -8.61. The van der Waals surface area contributed by atoms with E-state index >= 15 is 0 Å². The Morgan fingerprint density at radius 3 is 1.64 bits per heavy atom. The number of phenolic OH excluding ortho intramolecular Hbond substituents is 1. The molecule has 0 aliphatic heterocycles. The molecule has 13 rings (SSSR count). The van der Waals surface area contributed by atoms with E-state index < -0.39 is 0 Å². The maximum Gasteiger partial charge on any atom is 0.238 e. The summed E-state index contributed by atoms with van der Waals surface area (Å²) in [5.74, 6) is 2.04. The van der Waals surface area contributed by atoms with Crippen LogP contribution in [0.15, 0.2) is 176 Å². The third-order valence-corrected chi connectivity index (χ3v) is 16.9. The molecule has 1 N–H and O–H groups in total. The second-order valence-corrected chi connectivity index (χ2v) is 20.8.